The second kappa shape index (κ2) is 4.99. The summed E-state index contributed by atoms with van der Waals surface area (Å²) in [5.41, 5.74) is 4.08. The van der Waals surface area contributed by atoms with Gasteiger partial charge in [0.1, 0.15) is 5.75 Å². The molecule has 106 valence electrons. The molecule has 2 rings (SSSR count). The normalized spacial score (nSPS) is 11.4. The van der Waals surface area contributed by atoms with Crippen molar-refractivity contribution in [2.24, 2.45) is 0 Å². The van der Waals surface area contributed by atoms with Gasteiger partial charge in [0, 0.05) is 17.8 Å². The van der Waals surface area contributed by atoms with Gasteiger partial charge in [-0.3, -0.25) is 0 Å². The number of nitrogens with two attached hydrogens (primary N) is 1. The van der Waals surface area contributed by atoms with E-state index in [1.807, 2.05) is 0 Å². The molecule has 0 saturated heterocycles. The highest BCUT2D eigenvalue weighted by molar-refractivity contribution is 5.45. The van der Waals surface area contributed by atoms with E-state index in [0.717, 1.165) is 30.3 Å². The lowest BCUT2D eigenvalue weighted by atomic mass is 10.2. The van der Waals surface area contributed by atoms with Gasteiger partial charge in [-0.25, -0.2) is 8.78 Å². The van der Waals surface area contributed by atoms with Gasteiger partial charge in [0.15, 0.2) is 17.4 Å². The Balaban J connectivity index is 2.36. The van der Waals surface area contributed by atoms with E-state index in [4.69, 9.17) is 10.5 Å². The Morgan fingerprint density at radius 1 is 0.950 bits per heavy atom. The summed E-state index contributed by atoms with van der Waals surface area (Å²) < 4.78 is 69.2. The Morgan fingerprint density at radius 2 is 1.55 bits per heavy atom. The maximum atomic E-state index is 13.5. The van der Waals surface area contributed by atoms with Crippen LogP contribution in [-0.4, -0.2) is 0 Å². The highest BCUT2D eigenvalue weighted by atomic mass is 19.4. The number of ether oxygens (including phenoxy) is 1. The van der Waals surface area contributed by atoms with Crippen molar-refractivity contribution in [1.29, 1.82) is 0 Å². The molecule has 0 unspecified atom stereocenters. The van der Waals surface area contributed by atoms with Crippen molar-refractivity contribution in [3.8, 4) is 11.5 Å². The van der Waals surface area contributed by atoms with Crippen LogP contribution in [0.5, 0.6) is 11.5 Å². The number of hydrogen-bond donors (Lipinski definition) is 1. The molecule has 0 fully saturated rings. The van der Waals surface area contributed by atoms with Gasteiger partial charge in [-0.15, -0.1) is 0 Å². The van der Waals surface area contributed by atoms with Gasteiger partial charge in [-0.1, -0.05) is 6.07 Å². The predicted octanol–water partition coefficient (Wildman–Crippen LogP) is 4.36. The lowest BCUT2D eigenvalue weighted by Gasteiger charge is -2.11. The Hall–Kier alpha value is -2.31. The highest BCUT2D eigenvalue weighted by Crippen LogP contribution is 2.34. The molecule has 0 aliphatic carbocycles. The molecule has 0 aliphatic heterocycles. The fraction of sp³-hybridized carbons (Fsp3) is 0.0769. The second-order valence-corrected chi connectivity index (χ2v) is 3.94. The summed E-state index contributed by atoms with van der Waals surface area (Å²) in [5.74, 6) is -3.33. The van der Waals surface area contributed by atoms with Gasteiger partial charge in [0.2, 0.25) is 0 Å². The van der Waals surface area contributed by atoms with Gasteiger partial charge in [0.05, 0.1) is 5.56 Å². The SMILES string of the molecule is Nc1cc(F)c(Oc2cccc(C(F)(F)F)c2)c(F)c1. The first-order valence-corrected chi connectivity index (χ1v) is 5.37. The van der Waals surface area contributed by atoms with Gasteiger partial charge in [0.25, 0.3) is 0 Å². The standard InChI is InChI=1S/C13H8F5NO/c14-10-5-8(19)6-11(15)12(10)20-9-3-1-2-7(4-9)13(16,17)18/h1-6H,19H2. The van der Waals surface area contributed by atoms with Gasteiger partial charge in [-0.2, -0.15) is 13.2 Å². The van der Waals surface area contributed by atoms with Crippen molar-refractivity contribution in [3.63, 3.8) is 0 Å². The third-order valence-electron chi connectivity index (χ3n) is 2.40. The Labute approximate surface area is 110 Å². The van der Waals surface area contributed by atoms with Crippen LogP contribution in [0.4, 0.5) is 27.6 Å². The van der Waals surface area contributed by atoms with Crippen molar-refractivity contribution in [3.05, 3.63) is 53.6 Å². The summed E-state index contributed by atoms with van der Waals surface area (Å²) in [5, 5.41) is 0. The van der Waals surface area contributed by atoms with E-state index in [2.05, 4.69) is 0 Å². The third-order valence-corrected chi connectivity index (χ3v) is 2.40. The van der Waals surface area contributed by atoms with E-state index in [0.29, 0.717) is 6.07 Å². The molecule has 0 bridgehead atoms. The molecule has 0 amide bonds. The van der Waals surface area contributed by atoms with Crippen LogP contribution in [0.25, 0.3) is 0 Å². The van der Waals surface area contributed by atoms with E-state index in [-0.39, 0.29) is 11.4 Å². The minimum atomic E-state index is -4.57. The van der Waals surface area contributed by atoms with Crippen LogP contribution in [0, 0.1) is 11.6 Å². The highest BCUT2D eigenvalue weighted by Gasteiger charge is 2.30. The minimum absolute atomic E-state index is 0.156. The van der Waals surface area contributed by atoms with E-state index >= 15 is 0 Å². The first kappa shape index (κ1) is 14.1. The first-order valence-electron chi connectivity index (χ1n) is 5.37. The molecule has 0 radical (unpaired) electrons. The Kier molecular flexibility index (Phi) is 3.52. The average Bonchev–Trinajstić information content (AvgIpc) is 2.33. The molecule has 2 N–H and O–H groups in total. The number of rotatable bonds is 2. The molecule has 20 heavy (non-hydrogen) atoms. The monoisotopic (exact) mass is 289 g/mol. The third kappa shape index (κ3) is 2.98. The molecule has 0 heterocycles. The molecule has 0 atom stereocenters. The van der Waals surface area contributed by atoms with Gasteiger partial charge >= 0.3 is 6.18 Å². The Morgan fingerprint density at radius 3 is 2.10 bits per heavy atom. The summed E-state index contributed by atoms with van der Waals surface area (Å²) in [6.45, 7) is 0. The summed E-state index contributed by atoms with van der Waals surface area (Å²) in [6, 6.07) is 5.32. The fourth-order valence-corrected chi connectivity index (χ4v) is 1.53. The molecule has 0 aliphatic rings. The zero-order valence-corrected chi connectivity index (χ0v) is 9.84. The summed E-state index contributed by atoms with van der Waals surface area (Å²) in [4.78, 5) is 0. The fourth-order valence-electron chi connectivity index (χ4n) is 1.53. The number of nitrogen functional groups attached to an aromatic ring is 1. The summed E-state index contributed by atoms with van der Waals surface area (Å²) >= 11 is 0. The number of halogens is 5. The van der Waals surface area contributed by atoms with E-state index in [1.54, 1.807) is 0 Å². The zero-order valence-electron chi connectivity index (χ0n) is 9.84. The first-order chi connectivity index (χ1) is 9.27. The molecule has 0 saturated carbocycles. The lowest BCUT2D eigenvalue weighted by Crippen LogP contribution is -2.04. The van der Waals surface area contributed by atoms with Crippen molar-refractivity contribution in [1.82, 2.24) is 0 Å². The summed E-state index contributed by atoms with van der Waals surface area (Å²) in [7, 11) is 0. The van der Waals surface area contributed by atoms with E-state index in [1.165, 1.54) is 0 Å². The predicted molar refractivity (Wildman–Crippen MR) is 62.3 cm³/mol. The molecular formula is C13H8F5NO. The van der Waals surface area contributed by atoms with Gasteiger partial charge < -0.3 is 10.5 Å². The average molecular weight is 289 g/mol. The Bertz CT molecular complexity index is 616. The zero-order chi connectivity index (χ0) is 14.9. The second-order valence-electron chi connectivity index (χ2n) is 3.94. The number of anilines is 1. The van der Waals surface area contributed by atoms with Crippen molar-refractivity contribution in [2.75, 3.05) is 5.73 Å². The van der Waals surface area contributed by atoms with Crippen LogP contribution in [0.15, 0.2) is 36.4 Å². The maximum Gasteiger partial charge on any atom is 0.416 e. The van der Waals surface area contributed by atoms with Crippen LogP contribution in [0.3, 0.4) is 0 Å². The smallest absolute Gasteiger partial charge is 0.416 e. The van der Waals surface area contributed by atoms with Crippen LogP contribution < -0.4 is 10.5 Å². The maximum absolute atomic E-state index is 13.5. The lowest BCUT2D eigenvalue weighted by molar-refractivity contribution is -0.137. The van der Waals surface area contributed by atoms with Gasteiger partial charge in [-0.05, 0) is 18.2 Å². The minimum Gasteiger partial charge on any atom is -0.451 e. The molecule has 0 aromatic heterocycles. The van der Waals surface area contributed by atoms with E-state index in [9.17, 15) is 22.0 Å². The number of alkyl halides is 3. The topological polar surface area (TPSA) is 35.2 Å². The quantitative estimate of drug-likeness (QED) is 0.658. The molecular weight excluding hydrogens is 281 g/mol. The van der Waals surface area contributed by atoms with E-state index < -0.39 is 29.1 Å². The van der Waals surface area contributed by atoms with Crippen LogP contribution >= 0.6 is 0 Å². The molecule has 2 aromatic rings. The molecule has 2 aromatic carbocycles. The molecule has 7 heteroatoms. The number of hydrogen-bond acceptors (Lipinski definition) is 2. The van der Waals surface area contributed by atoms with Crippen molar-refractivity contribution < 1.29 is 26.7 Å². The molecule has 2 nitrogen and oxygen atoms in total. The summed E-state index contributed by atoms with van der Waals surface area (Å²) in [6.07, 6.45) is -4.57. The van der Waals surface area contributed by atoms with Crippen LogP contribution in [0.2, 0.25) is 0 Å². The van der Waals surface area contributed by atoms with Crippen molar-refractivity contribution >= 4 is 5.69 Å². The van der Waals surface area contributed by atoms with Crippen LogP contribution in [-0.2, 0) is 6.18 Å². The van der Waals surface area contributed by atoms with Crippen LogP contribution in [0.1, 0.15) is 5.56 Å². The largest absolute Gasteiger partial charge is 0.451 e. The number of benzene rings is 2. The molecule has 0 spiro atoms. The van der Waals surface area contributed by atoms with Crippen molar-refractivity contribution in [2.45, 2.75) is 6.18 Å².